The Kier molecular flexibility index (Phi) is 6.84. The summed E-state index contributed by atoms with van der Waals surface area (Å²) in [4.78, 5) is 9.30. The molecule has 0 atom stereocenters. The van der Waals surface area contributed by atoms with Crippen LogP contribution in [0.5, 0.6) is 0 Å². The van der Waals surface area contributed by atoms with Gasteiger partial charge < -0.3 is 9.80 Å². The van der Waals surface area contributed by atoms with Gasteiger partial charge in [-0.05, 0) is 53.3 Å². The number of unbranched alkanes of at least 4 members (excludes halogenated alkanes) is 1. The van der Waals surface area contributed by atoms with Gasteiger partial charge in [0.05, 0.1) is 6.67 Å². The van der Waals surface area contributed by atoms with Crippen LogP contribution in [-0.2, 0) is 13.1 Å². The monoisotopic (exact) mass is 465 g/mol. The van der Waals surface area contributed by atoms with Crippen molar-refractivity contribution in [3.63, 3.8) is 0 Å². The Balaban J connectivity index is 1.34. The summed E-state index contributed by atoms with van der Waals surface area (Å²) in [5.74, 6) is 0.550. The maximum Gasteiger partial charge on any atom is 0.206 e. The summed E-state index contributed by atoms with van der Waals surface area (Å²) in [6, 6.07) is 21.5. The first-order valence-electron chi connectivity index (χ1n) is 12.2. The minimum atomic E-state index is 0.550. The van der Waals surface area contributed by atoms with Crippen molar-refractivity contribution < 1.29 is 0 Å². The predicted molar refractivity (Wildman–Crippen MR) is 137 cm³/mol. The van der Waals surface area contributed by atoms with Crippen LogP contribution in [0.15, 0.2) is 84.5 Å². The normalized spacial score (nSPS) is 13.7. The molecular weight excluding hydrogens is 434 g/mol. The molecule has 0 spiro atoms. The van der Waals surface area contributed by atoms with Gasteiger partial charge in [-0.2, -0.15) is 5.21 Å². The summed E-state index contributed by atoms with van der Waals surface area (Å²) in [6.07, 6.45) is 7.12. The Morgan fingerprint density at radius 2 is 1.66 bits per heavy atom. The topological polar surface area (TPSA) is 73.8 Å². The van der Waals surface area contributed by atoms with Gasteiger partial charge in [-0.1, -0.05) is 67.9 Å². The van der Waals surface area contributed by atoms with E-state index in [2.05, 4.69) is 104 Å². The van der Waals surface area contributed by atoms with Crippen molar-refractivity contribution in [2.24, 2.45) is 0 Å². The van der Waals surface area contributed by atoms with E-state index >= 15 is 0 Å². The molecule has 0 unspecified atom stereocenters. The van der Waals surface area contributed by atoms with E-state index in [0.29, 0.717) is 5.82 Å². The molecule has 2 aromatic heterocycles. The Morgan fingerprint density at radius 3 is 2.40 bits per heavy atom. The standard InChI is InChI=1S/C28H31N7/c1-3-4-10-27-21(2)34(18-22-8-6-5-7-9-22)20-35(27)19-23-11-13-24(14-12-23)25-15-16-29-17-26(25)28-30-32-33-31-28/h5-9,11-17H,3-4,10,18-20H2,1-2H3,(H,30,31,32,33). The lowest BCUT2D eigenvalue weighted by Crippen LogP contribution is -2.27. The Hall–Kier alpha value is -4.00. The van der Waals surface area contributed by atoms with Gasteiger partial charge in [-0.25, -0.2) is 0 Å². The van der Waals surface area contributed by atoms with Crippen molar-refractivity contribution in [3.8, 4) is 22.5 Å². The molecule has 3 heterocycles. The average Bonchev–Trinajstić information content (AvgIpc) is 3.53. The van der Waals surface area contributed by atoms with Gasteiger partial charge >= 0.3 is 0 Å². The van der Waals surface area contributed by atoms with Crippen LogP contribution >= 0.6 is 0 Å². The number of hydrogen-bond donors (Lipinski definition) is 1. The maximum absolute atomic E-state index is 4.25. The molecule has 1 N–H and O–H groups in total. The highest BCUT2D eigenvalue weighted by molar-refractivity contribution is 5.79. The zero-order valence-electron chi connectivity index (χ0n) is 20.4. The summed E-state index contributed by atoms with van der Waals surface area (Å²) in [6.45, 7) is 7.31. The van der Waals surface area contributed by atoms with E-state index in [1.807, 2.05) is 6.07 Å². The predicted octanol–water partition coefficient (Wildman–Crippen LogP) is 5.63. The fourth-order valence-electron chi connectivity index (χ4n) is 4.72. The first kappa shape index (κ1) is 22.8. The lowest BCUT2D eigenvalue weighted by atomic mass is 10.00. The molecule has 4 aromatic rings. The van der Waals surface area contributed by atoms with Gasteiger partial charge in [0.25, 0.3) is 0 Å². The number of H-pyrrole nitrogens is 1. The molecule has 0 radical (unpaired) electrons. The van der Waals surface area contributed by atoms with Gasteiger partial charge in [0.1, 0.15) is 0 Å². The Bertz CT molecular complexity index is 1260. The van der Waals surface area contributed by atoms with E-state index in [0.717, 1.165) is 42.9 Å². The third-order valence-electron chi connectivity index (χ3n) is 6.64. The summed E-state index contributed by atoms with van der Waals surface area (Å²) < 4.78 is 0. The maximum atomic E-state index is 4.25. The fourth-order valence-corrected chi connectivity index (χ4v) is 4.72. The minimum Gasteiger partial charge on any atom is -0.352 e. The molecule has 1 aliphatic heterocycles. The molecule has 178 valence electrons. The van der Waals surface area contributed by atoms with Crippen molar-refractivity contribution in [1.82, 2.24) is 35.4 Å². The third kappa shape index (κ3) is 5.09. The van der Waals surface area contributed by atoms with E-state index in [9.17, 15) is 0 Å². The van der Waals surface area contributed by atoms with Crippen LogP contribution in [0.1, 0.15) is 44.2 Å². The van der Waals surface area contributed by atoms with Crippen molar-refractivity contribution >= 4 is 0 Å². The quantitative estimate of drug-likeness (QED) is 0.346. The first-order valence-corrected chi connectivity index (χ1v) is 12.2. The summed E-state index contributed by atoms with van der Waals surface area (Å²) in [7, 11) is 0. The van der Waals surface area contributed by atoms with Gasteiger partial charge in [0.15, 0.2) is 0 Å². The van der Waals surface area contributed by atoms with Crippen LogP contribution < -0.4 is 0 Å². The number of aromatic amines is 1. The third-order valence-corrected chi connectivity index (χ3v) is 6.64. The molecule has 0 saturated carbocycles. The summed E-state index contributed by atoms with van der Waals surface area (Å²) in [5, 5.41) is 14.5. The number of aromatic nitrogens is 5. The highest BCUT2D eigenvalue weighted by atomic mass is 15.5. The van der Waals surface area contributed by atoms with Crippen molar-refractivity contribution in [3.05, 3.63) is 95.6 Å². The van der Waals surface area contributed by atoms with Crippen LogP contribution in [0.2, 0.25) is 0 Å². The molecule has 1 aliphatic rings. The first-order chi connectivity index (χ1) is 17.2. The zero-order chi connectivity index (χ0) is 24.0. The lowest BCUT2D eigenvalue weighted by molar-refractivity contribution is 0.232. The van der Waals surface area contributed by atoms with E-state index in [-0.39, 0.29) is 0 Å². The van der Waals surface area contributed by atoms with Gasteiger partial charge in [0.2, 0.25) is 5.82 Å². The van der Waals surface area contributed by atoms with E-state index < -0.39 is 0 Å². The second-order valence-electron chi connectivity index (χ2n) is 9.01. The highest BCUT2D eigenvalue weighted by Gasteiger charge is 2.26. The molecule has 5 rings (SSSR count). The Labute approximate surface area is 206 Å². The average molecular weight is 466 g/mol. The molecule has 0 saturated heterocycles. The number of allylic oxidation sites excluding steroid dienone is 2. The van der Waals surface area contributed by atoms with E-state index in [1.165, 1.54) is 35.4 Å². The van der Waals surface area contributed by atoms with Crippen molar-refractivity contribution in [2.75, 3.05) is 6.67 Å². The molecule has 0 aliphatic carbocycles. The number of tetrazole rings is 1. The zero-order valence-corrected chi connectivity index (χ0v) is 20.4. The number of rotatable bonds is 9. The van der Waals surface area contributed by atoms with E-state index in [4.69, 9.17) is 0 Å². The number of hydrogen-bond acceptors (Lipinski definition) is 6. The molecule has 0 amide bonds. The van der Waals surface area contributed by atoms with Crippen molar-refractivity contribution in [1.29, 1.82) is 0 Å². The molecule has 0 fully saturated rings. The highest BCUT2D eigenvalue weighted by Crippen LogP contribution is 2.32. The van der Waals surface area contributed by atoms with Crippen LogP contribution in [0, 0.1) is 0 Å². The molecule has 7 nitrogen and oxygen atoms in total. The Morgan fingerprint density at radius 1 is 0.886 bits per heavy atom. The molecule has 35 heavy (non-hydrogen) atoms. The molecule has 2 aromatic carbocycles. The van der Waals surface area contributed by atoms with Gasteiger partial charge in [-0.3, -0.25) is 4.98 Å². The smallest absolute Gasteiger partial charge is 0.206 e. The van der Waals surface area contributed by atoms with Crippen molar-refractivity contribution in [2.45, 2.75) is 46.2 Å². The summed E-state index contributed by atoms with van der Waals surface area (Å²) >= 11 is 0. The molecule has 7 heteroatoms. The fraction of sp³-hybridized carbons (Fsp3) is 0.286. The number of nitrogens with zero attached hydrogens (tertiary/aromatic N) is 6. The SMILES string of the molecule is CCCCC1=C(C)N(Cc2ccccc2)CN1Cc1ccc(-c2ccncc2-c2nn[nH]n2)cc1. The summed E-state index contributed by atoms with van der Waals surface area (Å²) in [5.41, 5.74) is 8.55. The van der Waals surface area contributed by atoms with Crippen LogP contribution in [0.3, 0.4) is 0 Å². The number of pyridine rings is 1. The number of nitrogens with one attached hydrogen (secondary N) is 1. The van der Waals surface area contributed by atoms with Gasteiger partial charge in [-0.15, -0.1) is 10.2 Å². The lowest BCUT2D eigenvalue weighted by Gasteiger charge is -2.25. The largest absolute Gasteiger partial charge is 0.352 e. The van der Waals surface area contributed by atoms with Crippen LogP contribution in [0.25, 0.3) is 22.5 Å². The molecular formula is C28H31N7. The van der Waals surface area contributed by atoms with Crippen LogP contribution in [0.4, 0.5) is 0 Å². The van der Waals surface area contributed by atoms with Crippen LogP contribution in [-0.4, -0.2) is 42.1 Å². The number of benzene rings is 2. The van der Waals surface area contributed by atoms with E-state index in [1.54, 1.807) is 12.4 Å². The second kappa shape index (κ2) is 10.5. The second-order valence-corrected chi connectivity index (χ2v) is 9.01. The van der Waals surface area contributed by atoms with Gasteiger partial charge in [0, 0.05) is 42.4 Å². The minimum absolute atomic E-state index is 0.550. The molecule has 0 bridgehead atoms.